The first kappa shape index (κ1) is 24.2. The minimum atomic E-state index is -0.918. The van der Waals surface area contributed by atoms with Crippen LogP contribution in [0.15, 0.2) is 76.3 Å². The maximum Gasteiger partial charge on any atom is 0.272 e. The van der Waals surface area contributed by atoms with Gasteiger partial charge in [0.2, 0.25) is 0 Å². The first-order valence-electron chi connectivity index (χ1n) is 11.0. The van der Waals surface area contributed by atoms with Gasteiger partial charge >= 0.3 is 0 Å². The summed E-state index contributed by atoms with van der Waals surface area (Å²) in [6, 6.07) is 16.9. The smallest absolute Gasteiger partial charge is 0.272 e. The molecule has 0 heterocycles. The number of hydrogen-bond acceptors (Lipinski definition) is 5. The fraction of sp³-hybridized carbons (Fsp3) is 0.185. The highest BCUT2D eigenvalue weighted by Gasteiger charge is 2.22. The molecule has 2 N–H and O–H groups in total. The van der Waals surface area contributed by atoms with E-state index in [9.17, 15) is 22.8 Å². The van der Waals surface area contributed by atoms with Crippen LogP contribution in [0.25, 0.3) is 0 Å². The fourth-order valence-electron chi connectivity index (χ4n) is 3.97. The van der Waals surface area contributed by atoms with Crippen molar-refractivity contribution < 1.29 is 17.9 Å². The van der Waals surface area contributed by atoms with E-state index in [0.717, 1.165) is 23.3 Å². The number of nitrogens with one attached hydrogen (secondary N) is 2. The van der Waals surface area contributed by atoms with Crippen LogP contribution in [0.3, 0.4) is 0 Å². The Hall–Kier alpha value is -3.91. The molecule has 0 aliphatic heterocycles. The Morgan fingerprint density at radius 3 is 2.23 bits per heavy atom. The van der Waals surface area contributed by atoms with Crippen LogP contribution in [0.1, 0.15) is 35.6 Å². The fourth-order valence-corrected chi connectivity index (χ4v) is 3.97. The topological polar surface area (TPSA) is 67.4 Å². The average molecular weight is 480 g/mol. The van der Waals surface area contributed by atoms with Crippen LogP contribution in [-0.2, 0) is 0 Å². The van der Waals surface area contributed by atoms with Gasteiger partial charge in [0.05, 0.1) is 7.11 Å². The predicted octanol–water partition coefficient (Wildman–Crippen LogP) is 4.93. The number of ether oxygens (including phenoxy) is 1. The van der Waals surface area contributed by atoms with Gasteiger partial charge in [0.1, 0.15) is 11.5 Å². The van der Waals surface area contributed by atoms with Crippen LogP contribution < -0.4 is 26.2 Å². The van der Waals surface area contributed by atoms with E-state index < -0.39 is 22.5 Å². The molecule has 0 saturated carbocycles. The van der Waals surface area contributed by atoms with E-state index in [4.69, 9.17) is 4.74 Å². The molecule has 0 amide bonds. The summed E-state index contributed by atoms with van der Waals surface area (Å²) in [4.78, 5) is 23.5. The number of anilines is 2. The summed E-state index contributed by atoms with van der Waals surface area (Å²) in [6.45, 7) is 2.24. The van der Waals surface area contributed by atoms with Crippen molar-refractivity contribution in [2.75, 3.05) is 19.0 Å². The molecule has 0 aliphatic rings. The molecule has 0 radical (unpaired) electrons. The third-order valence-electron chi connectivity index (χ3n) is 5.97. The summed E-state index contributed by atoms with van der Waals surface area (Å²) in [5.74, 6) is -2.44. The molecule has 0 saturated heterocycles. The maximum atomic E-state index is 13.7. The Bertz CT molecular complexity index is 1410. The summed E-state index contributed by atoms with van der Waals surface area (Å²) in [5, 5.41) is 6.28. The van der Waals surface area contributed by atoms with E-state index in [1.165, 1.54) is 25.3 Å². The van der Waals surface area contributed by atoms with Gasteiger partial charge in [-0.1, -0.05) is 30.3 Å². The van der Waals surface area contributed by atoms with Crippen molar-refractivity contribution in [2.24, 2.45) is 0 Å². The lowest BCUT2D eigenvalue weighted by Crippen LogP contribution is -2.34. The third-order valence-corrected chi connectivity index (χ3v) is 5.97. The first-order chi connectivity index (χ1) is 16.8. The van der Waals surface area contributed by atoms with Gasteiger partial charge in [-0.2, -0.15) is 0 Å². The van der Waals surface area contributed by atoms with Crippen LogP contribution in [-0.4, -0.2) is 13.7 Å². The van der Waals surface area contributed by atoms with Crippen molar-refractivity contribution in [3.8, 4) is 5.75 Å². The molecular weight excluding hydrogens is 457 g/mol. The van der Waals surface area contributed by atoms with Crippen LogP contribution in [0.2, 0.25) is 0 Å². The molecule has 35 heavy (non-hydrogen) atoms. The Kier molecular flexibility index (Phi) is 7.02. The largest absolute Gasteiger partial charge is 0.491 e. The quantitative estimate of drug-likeness (QED) is 0.333. The second-order valence-electron chi connectivity index (χ2n) is 8.22. The van der Waals surface area contributed by atoms with Crippen LogP contribution in [0.4, 0.5) is 24.5 Å². The second kappa shape index (κ2) is 10.1. The van der Waals surface area contributed by atoms with Crippen molar-refractivity contribution in [3.63, 3.8) is 0 Å². The molecule has 4 aromatic carbocycles. The van der Waals surface area contributed by atoms with Gasteiger partial charge in [-0.05, 0) is 60.0 Å². The van der Waals surface area contributed by atoms with E-state index >= 15 is 0 Å². The number of hydrogen-bond donors (Lipinski definition) is 2. The molecule has 8 heteroatoms. The maximum absolute atomic E-state index is 13.7. The minimum absolute atomic E-state index is 0.0162. The average Bonchev–Trinajstić information content (AvgIpc) is 2.86. The van der Waals surface area contributed by atoms with Crippen molar-refractivity contribution >= 4 is 11.4 Å². The number of methoxy groups -OCH3 is 1. The summed E-state index contributed by atoms with van der Waals surface area (Å²) >= 11 is 0. The molecular formula is C27H23F3N2O3. The van der Waals surface area contributed by atoms with E-state index in [-0.39, 0.29) is 29.2 Å². The zero-order chi connectivity index (χ0) is 25.1. The van der Waals surface area contributed by atoms with Crippen molar-refractivity contribution in [1.29, 1.82) is 0 Å². The Balaban J connectivity index is 1.60. The standard InChI is InChI=1S/C27H23F3N2O3/c1-15(17-8-11-22(29)23(30)13-17)31-14-21(16-6-9-19(28)10-7-16)18-4-3-5-20(12-18)32-24-25(33)26(34)27(24)35-2/h3-13,15,21,31-32H,14H2,1-2H3. The van der Waals surface area contributed by atoms with Crippen LogP contribution >= 0.6 is 0 Å². The molecule has 2 unspecified atom stereocenters. The van der Waals surface area contributed by atoms with Crippen molar-refractivity contribution in [3.05, 3.63) is 121 Å². The molecule has 0 aromatic heterocycles. The van der Waals surface area contributed by atoms with E-state index in [1.807, 2.05) is 19.1 Å². The summed E-state index contributed by atoms with van der Waals surface area (Å²) in [6.07, 6.45) is 0. The van der Waals surface area contributed by atoms with E-state index in [2.05, 4.69) is 10.6 Å². The lowest BCUT2D eigenvalue weighted by atomic mass is 9.90. The predicted molar refractivity (Wildman–Crippen MR) is 129 cm³/mol. The number of benzene rings is 3. The van der Waals surface area contributed by atoms with Crippen LogP contribution in [0.5, 0.6) is 5.75 Å². The lowest BCUT2D eigenvalue weighted by molar-refractivity contribution is 0.408. The monoisotopic (exact) mass is 480 g/mol. The van der Waals surface area contributed by atoms with Crippen molar-refractivity contribution in [2.45, 2.75) is 18.9 Å². The SMILES string of the molecule is COc1c(Nc2cccc(C(CNC(C)c3ccc(F)c(F)c3)c3ccc(F)cc3)c2)c(=O)c1=O. The zero-order valence-corrected chi connectivity index (χ0v) is 19.1. The Labute approximate surface area is 199 Å². The van der Waals surface area contributed by atoms with Crippen molar-refractivity contribution in [1.82, 2.24) is 5.32 Å². The normalized spacial score (nSPS) is 12.9. The van der Waals surface area contributed by atoms with Gasteiger partial charge < -0.3 is 15.4 Å². The van der Waals surface area contributed by atoms with Gasteiger partial charge in [-0.25, -0.2) is 13.2 Å². The van der Waals surface area contributed by atoms with E-state index in [1.54, 1.807) is 24.3 Å². The van der Waals surface area contributed by atoms with Gasteiger partial charge in [0, 0.05) is 24.2 Å². The lowest BCUT2D eigenvalue weighted by Gasteiger charge is -2.23. The Morgan fingerprint density at radius 2 is 1.54 bits per heavy atom. The minimum Gasteiger partial charge on any atom is -0.491 e. The van der Waals surface area contributed by atoms with Gasteiger partial charge in [-0.3, -0.25) is 9.59 Å². The molecule has 0 bridgehead atoms. The van der Waals surface area contributed by atoms with Gasteiger partial charge in [-0.15, -0.1) is 0 Å². The molecule has 0 fully saturated rings. The summed E-state index contributed by atoms with van der Waals surface area (Å²) in [7, 11) is 1.32. The third kappa shape index (κ3) is 5.12. The Morgan fingerprint density at radius 1 is 0.829 bits per heavy atom. The van der Waals surface area contributed by atoms with E-state index in [0.29, 0.717) is 17.8 Å². The molecule has 4 rings (SSSR count). The molecule has 180 valence electrons. The first-order valence-corrected chi connectivity index (χ1v) is 11.0. The molecule has 2 atom stereocenters. The molecule has 5 nitrogen and oxygen atoms in total. The second-order valence-corrected chi connectivity index (χ2v) is 8.22. The number of rotatable bonds is 9. The van der Waals surface area contributed by atoms with Gasteiger partial charge in [0.15, 0.2) is 17.4 Å². The summed E-state index contributed by atoms with van der Waals surface area (Å²) in [5.41, 5.74) is 1.62. The van der Waals surface area contributed by atoms with Gasteiger partial charge in [0.25, 0.3) is 10.9 Å². The highest BCUT2D eigenvalue weighted by molar-refractivity contribution is 5.70. The molecule has 4 aromatic rings. The number of halogens is 3. The summed E-state index contributed by atoms with van der Waals surface area (Å²) < 4.78 is 45.6. The molecule has 0 aliphatic carbocycles. The molecule has 0 spiro atoms. The highest BCUT2D eigenvalue weighted by atomic mass is 19.2. The zero-order valence-electron chi connectivity index (χ0n) is 19.1. The highest BCUT2D eigenvalue weighted by Crippen LogP contribution is 2.30. The van der Waals surface area contributed by atoms with Crippen LogP contribution in [0, 0.1) is 17.5 Å².